The van der Waals surface area contributed by atoms with E-state index >= 15 is 0 Å². The summed E-state index contributed by atoms with van der Waals surface area (Å²) in [6.45, 7) is 5.22. The molecule has 4 atom stereocenters. The van der Waals surface area contributed by atoms with E-state index in [1.165, 1.54) is 0 Å². The van der Waals surface area contributed by atoms with Crippen molar-refractivity contribution in [1.29, 1.82) is 0 Å². The zero-order chi connectivity index (χ0) is 17.3. The first kappa shape index (κ1) is 20.9. The summed E-state index contributed by atoms with van der Waals surface area (Å²) in [5, 5.41) is 21.7. The number of rotatable bonds is 10. The number of aliphatic hydroxyl groups is 2. The SMILES string of the molecule is CC(O[P+](=O)OC(C)C(C)C(=O)NCO)C(C)C(=O)NCO. The minimum Gasteiger partial charge on any atom is -0.377 e. The average Bonchev–Trinajstić information content (AvgIpc) is 2.45. The number of hydrogen-bond acceptors (Lipinski definition) is 7. The summed E-state index contributed by atoms with van der Waals surface area (Å²) >= 11 is 0. The Hall–Kier alpha value is -1.12. The Labute approximate surface area is 130 Å². The summed E-state index contributed by atoms with van der Waals surface area (Å²) in [5.41, 5.74) is 0. The van der Waals surface area contributed by atoms with Crippen LogP contribution in [0.25, 0.3) is 0 Å². The molecular formula is C12H24N2O7P+. The van der Waals surface area contributed by atoms with E-state index in [2.05, 4.69) is 10.6 Å². The summed E-state index contributed by atoms with van der Waals surface area (Å²) in [6.07, 6.45) is -1.41. The molecular weight excluding hydrogens is 315 g/mol. The predicted octanol–water partition coefficient (Wildman–Crippen LogP) is -0.142. The molecule has 0 saturated heterocycles. The lowest BCUT2D eigenvalue weighted by molar-refractivity contribution is -0.128. The smallest absolute Gasteiger partial charge is 0.377 e. The molecule has 0 aromatic heterocycles. The number of nitrogens with one attached hydrogen (secondary N) is 2. The Morgan fingerprint density at radius 1 is 0.909 bits per heavy atom. The van der Waals surface area contributed by atoms with Crippen LogP contribution in [-0.2, 0) is 23.2 Å². The molecule has 10 heteroatoms. The van der Waals surface area contributed by atoms with Crippen LogP contribution in [0.15, 0.2) is 0 Å². The monoisotopic (exact) mass is 339 g/mol. The first-order chi connectivity index (χ1) is 10.2. The quantitative estimate of drug-likeness (QED) is 0.321. The highest BCUT2D eigenvalue weighted by Crippen LogP contribution is 2.32. The lowest BCUT2D eigenvalue weighted by Crippen LogP contribution is -2.36. The number of carbonyl (C=O) groups excluding carboxylic acids is 2. The van der Waals surface area contributed by atoms with Crippen molar-refractivity contribution in [1.82, 2.24) is 10.6 Å². The molecule has 4 unspecified atom stereocenters. The fraction of sp³-hybridized carbons (Fsp3) is 0.833. The van der Waals surface area contributed by atoms with Crippen LogP contribution in [0, 0.1) is 11.8 Å². The van der Waals surface area contributed by atoms with Gasteiger partial charge in [0.2, 0.25) is 11.8 Å². The van der Waals surface area contributed by atoms with E-state index in [-0.39, 0.29) is 0 Å². The van der Waals surface area contributed by atoms with Gasteiger partial charge in [0.15, 0.2) is 0 Å². The maximum atomic E-state index is 11.8. The first-order valence-corrected chi connectivity index (χ1v) is 7.92. The third-order valence-electron chi connectivity index (χ3n) is 3.25. The summed E-state index contributed by atoms with van der Waals surface area (Å²) in [6, 6.07) is 0. The summed E-state index contributed by atoms with van der Waals surface area (Å²) < 4.78 is 22.0. The molecule has 0 rings (SSSR count). The Morgan fingerprint density at radius 3 is 1.50 bits per heavy atom. The molecule has 0 fully saturated rings. The molecule has 9 nitrogen and oxygen atoms in total. The topological polar surface area (TPSA) is 134 Å². The van der Waals surface area contributed by atoms with Crippen LogP contribution in [0.5, 0.6) is 0 Å². The van der Waals surface area contributed by atoms with Gasteiger partial charge in [-0.2, -0.15) is 0 Å². The van der Waals surface area contributed by atoms with Gasteiger partial charge in [0.05, 0.1) is 11.8 Å². The number of aliphatic hydroxyl groups excluding tert-OH is 2. The van der Waals surface area contributed by atoms with Gasteiger partial charge in [-0.3, -0.25) is 9.59 Å². The van der Waals surface area contributed by atoms with Gasteiger partial charge in [-0.05, 0) is 13.8 Å². The average molecular weight is 339 g/mol. The molecule has 0 saturated carbocycles. The number of hydrogen-bond donors (Lipinski definition) is 4. The fourth-order valence-corrected chi connectivity index (χ4v) is 2.34. The van der Waals surface area contributed by atoms with Crippen molar-refractivity contribution < 1.29 is 33.4 Å². The molecule has 22 heavy (non-hydrogen) atoms. The van der Waals surface area contributed by atoms with E-state index < -0.39 is 57.6 Å². The molecule has 0 spiro atoms. The molecule has 0 radical (unpaired) electrons. The van der Waals surface area contributed by atoms with Gasteiger partial charge in [0.1, 0.15) is 25.7 Å². The number of carbonyl (C=O) groups is 2. The first-order valence-electron chi connectivity index (χ1n) is 6.82. The van der Waals surface area contributed by atoms with Crippen molar-refractivity contribution in [2.24, 2.45) is 11.8 Å². The maximum absolute atomic E-state index is 11.8. The van der Waals surface area contributed by atoms with Crippen LogP contribution in [0.4, 0.5) is 0 Å². The molecule has 0 aliphatic rings. The van der Waals surface area contributed by atoms with Gasteiger partial charge in [-0.1, -0.05) is 13.8 Å². The van der Waals surface area contributed by atoms with E-state index in [1.54, 1.807) is 27.7 Å². The molecule has 4 N–H and O–H groups in total. The summed E-state index contributed by atoms with van der Waals surface area (Å²) in [7, 11) is -2.53. The lowest BCUT2D eigenvalue weighted by Gasteiger charge is -2.15. The van der Waals surface area contributed by atoms with Crippen molar-refractivity contribution in [3.05, 3.63) is 0 Å². The summed E-state index contributed by atoms with van der Waals surface area (Å²) in [4.78, 5) is 23.0. The van der Waals surface area contributed by atoms with Gasteiger partial charge in [-0.25, -0.2) is 0 Å². The van der Waals surface area contributed by atoms with Gasteiger partial charge < -0.3 is 20.8 Å². The van der Waals surface area contributed by atoms with Crippen molar-refractivity contribution in [3.8, 4) is 0 Å². The third kappa shape index (κ3) is 7.24. The van der Waals surface area contributed by atoms with E-state index in [1.807, 2.05) is 0 Å². The molecule has 0 heterocycles. The molecule has 0 aliphatic heterocycles. The second-order valence-corrected chi connectivity index (χ2v) is 5.69. The van der Waals surface area contributed by atoms with Crippen LogP contribution in [-0.4, -0.2) is 47.7 Å². The standard InChI is InChI=1S/C12H23N2O7P/c1-7(11(17)13-5-15)9(3)20-22(19)21-10(4)8(2)12(18)14-6-16/h7-10,15-16H,5-6H2,1-4H3,(H-,13,14,17,18)/p+1. The fourth-order valence-electron chi connectivity index (χ4n) is 1.38. The van der Waals surface area contributed by atoms with Crippen molar-refractivity contribution in [3.63, 3.8) is 0 Å². The van der Waals surface area contributed by atoms with Crippen LogP contribution in [0.3, 0.4) is 0 Å². The largest absolute Gasteiger partial charge is 0.697 e. The van der Waals surface area contributed by atoms with Crippen molar-refractivity contribution >= 4 is 20.1 Å². The van der Waals surface area contributed by atoms with Crippen LogP contribution in [0.1, 0.15) is 27.7 Å². The number of amides is 2. The molecule has 0 aliphatic carbocycles. The van der Waals surface area contributed by atoms with Gasteiger partial charge in [0.25, 0.3) is 0 Å². The van der Waals surface area contributed by atoms with E-state index in [9.17, 15) is 14.2 Å². The van der Waals surface area contributed by atoms with E-state index in [4.69, 9.17) is 19.3 Å². The van der Waals surface area contributed by atoms with Gasteiger partial charge >= 0.3 is 8.25 Å². The maximum Gasteiger partial charge on any atom is 0.697 e. The second-order valence-electron chi connectivity index (χ2n) is 4.82. The Morgan fingerprint density at radius 2 is 1.23 bits per heavy atom. The van der Waals surface area contributed by atoms with Gasteiger partial charge in [0, 0.05) is 4.57 Å². The minimum absolute atomic E-state index is 0.442. The highest BCUT2D eigenvalue weighted by Gasteiger charge is 2.35. The summed E-state index contributed by atoms with van der Waals surface area (Å²) in [5.74, 6) is -2.16. The second kappa shape index (κ2) is 10.6. The van der Waals surface area contributed by atoms with E-state index in [0.29, 0.717) is 0 Å². The lowest BCUT2D eigenvalue weighted by atomic mass is 10.1. The van der Waals surface area contributed by atoms with Gasteiger partial charge in [-0.15, -0.1) is 9.05 Å². The molecule has 0 aromatic carbocycles. The van der Waals surface area contributed by atoms with E-state index in [0.717, 1.165) is 0 Å². The molecule has 0 bridgehead atoms. The van der Waals surface area contributed by atoms with Crippen molar-refractivity contribution in [2.75, 3.05) is 13.5 Å². The molecule has 128 valence electrons. The third-order valence-corrected chi connectivity index (χ3v) is 4.26. The normalized spacial score (nSPS) is 17.1. The molecule has 2 amide bonds. The zero-order valence-electron chi connectivity index (χ0n) is 13.1. The van der Waals surface area contributed by atoms with Crippen LogP contribution in [0.2, 0.25) is 0 Å². The Kier molecular flexibility index (Phi) is 10.0. The highest BCUT2D eigenvalue weighted by atomic mass is 31.1. The van der Waals surface area contributed by atoms with Crippen LogP contribution >= 0.6 is 8.25 Å². The molecule has 0 aromatic rings. The predicted molar refractivity (Wildman–Crippen MR) is 77.5 cm³/mol. The van der Waals surface area contributed by atoms with Crippen LogP contribution < -0.4 is 10.6 Å². The Bertz CT molecular complexity index is 360. The highest BCUT2D eigenvalue weighted by molar-refractivity contribution is 7.33. The zero-order valence-corrected chi connectivity index (χ0v) is 14.0. The Balaban J connectivity index is 4.37. The van der Waals surface area contributed by atoms with Crippen molar-refractivity contribution in [2.45, 2.75) is 39.9 Å². The minimum atomic E-state index is -2.53.